The van der Waals surface area contributed by atoms with Gasteiger partial charge in [-0.2, -0.15) is 11.8 Å². The molecule has 1 aliphatic heterocycles. The SMILES string of the molecule is CSCc1ccc(C(=O)N2CCC(CC(=O)O)CC2)cc1. The highest BCUT2D eigenvalue weighted by atomic mass is 32.2. The number of carbonyl (C=O) groups is 2. The number of rotatable bonds is 5. The van der Waals surface area contributed by atoms with Crippen LogP contribution in [0.4, 0.5) is 0 Å². The fraction of sp³-hybridized carbons (Fsp3) is 0.500. The van der Waals surface area contributed by atoms with Gasteiger partial charge >= 0.3 is 5.97 Å². The number of hydrogen-bond acceptors (Lipinski definition) is 3. The largest absolute Gasteiger partial charge is 0.481 e. The van der Waals surface area contributed by atoms with Gasteiger partial charge in [0.25, 0.3) is 5.91 Å². The van der Waals surface area contributed by atoms with Crippen molar-refractivity contribution in [2.75, 3.05) is 19.3 Å². The van der Waals surface area contributed by atoms with Crippen LogP contribution in [0.1, 0.15) is 35.2 Å². The van der Waals surface area contributed by atoms with Crippen LogP contribution in [0.15, 0.2) is 24.3 Å². The third kappa shape index (κ3) is 4.49. The van der Waals surface area contributed by atoms with E-state index >= 15 is 0 Å². The fourth-order valence-electron chi connectivity index (χ4n) is 2.68. The summed E-state index contributed by atoms with van der Waals surface area (Å²) in [5, 5.41) is 8.81. The Kier molecular flexibility index (Phi) is 5.67. The predicted octanol–water partition coefficient (Wildman–Crippen LogP) is 2.88. The highest BCUT2D eigenvalue weighted by molar-refractivity contribution is 7.97. The van der Waals surface area contributed by atoms with Crippen molar-refractivity contribution < 1.29 is 14.7 Å². The zero-order chi connectivity index (χ0) is 15.2. The van der Waals surface area contributed by atoms with Crippen LogP contribution in [0.3, 0.4) is 0 Å². The zero-order valence-electron chi connectivity index (χ0n) is 12.2. The molecule has 0 aromatic heterocycles. The van der Waals surface area contributed by atoms with Crippen molar-refractivity contribution in [2.45, 2.75) is 25.0 Å². The minimum absolute atomic E-state index is 0.0551. The average molecular weight is 307 g/mol. The predicted molar refractivity (Wildman–Crippen MR) is 84.5 cm³/mol. The molecule has 4 nitrogen and oxygen atoms in total. The summed E-state index contributed by atoms with van der Waals surface area (Å²) >= 11 is 1.76. The number of thioether (sulfide) groups is 1. The molecule has 0 unspecified atom stereocenters. The van der Waals surface area contributed by atoms with Gasteiger partial charge in [-0.05, 0) is 42.7 Å². The minimum Gasteiger partial charge on any atom is -0.481 e. The van der Waals surface area contributed by atoms with Crippen molar-refractivity contribution in [1.29, 1.82) is 0 Å². The molecule has 1 aliphatic rings. The number of carboxylic acid groups (broad SMARTS) is 1. The molecule has 0 saturated carbocycles. The first kappa shape index (κ1) is 15.9. The molecule has 21 heavy (non-hydrogen) atoms. The van der Waals surface area contributed by atoms with Crippen LogP contribution in [0, 0.1) is 5.92 Å². The summed E-state index contributed by atoms with van der Waals surface area (Å²) < 4.78 is 0. The van der Waals surface area contributed by atoms with Crippen LogP contribution in [-0.2, 0) is 10.5 Å². The third-order valence-corrected chi connectivity index (χ3v) is 4.50. The number of aliphatic carboxylic acids is 1. The van der Waals surface area contributed by atoms with Crippen LogP contribution in [0.25, 0.3) is 0 Å². The number of carbonyl (C=O) groups excluding carboxylic acids is 1. The molecule has 2 rings (SSSR count). The van der Waals surface area contributed by atoms with Gasteiger partial charge in [0.05, 0.1) is 0 Å². The van der Waals surface area contributed by atoms with Gasteiger partial charge < -0.3 is 10.0 Å². The number of nitrogens with zero attached hydrogens (tertiary/aromatic N) is 1. The lowest BCUT2D eigenvalue weighted by Crippen LogP contribution is -2.38. The Morgan fingerprint density at radius 2 is 1.86 bits per heavy atom. The van der Waals surface area contributed by atoms with Gasteiger partial charge in [0, 0.05) is 30.8 Å². The molecule has 0 atom stereocenters. The van der Waals surface area contributed by atoms with Crippen LogP contribution >= 0.6 is 11.8 Å². The van der Waals surface area contributed by atoms with E-state index in [2.05, 4.69) is 6.26 Å². The van der Waals surface area contributed by atoms with E-state index in [1.165, 1.54) is 5.56 Å². The maximum atomic E-state index is 12.4. The summed E-state index contributed by atoms with van der Waals surface area (Å²) in [4.78, 5) is 24.9. The number of likely N-dealkylation sites (tertiary alicyclic amines) is 1. The second kappa shape index (κ2) is 7.50. The first-order valence-electron chi connectivity index (χ1n) is 7.19. The lowest BCUT2D eigenvalue weighted by atomic mass is 9.93. The Bertz CT molecular complexity index is 493. The molecule has 1 fully saturated rings. The van der Waals surface area contributed by atoms with Crippen molar-refractivity contribution in [1.82, 2.24) is 4.90 Å². The first-order valence-corrected chi connectivity index (χ1v) is 8.58. The van der Waals surface area contributed by atoms with Gasteiger partial charge in [0.15, 0.2) is 0 Å². The number of piperidine rings is 1. The van der Waals surface area contributed by atoms with Crippen LogP contribution < -0.4 is 0 Å². The Labute approximate surface area is 129 Å². The number of hydrogen-bond donors (Lipinski definition) is 1. The minimum atomic E-state index is -0.746. The quantitative estimate of drug-likeness (QED) is 0.909. The highest BCUT2D eigenvalue weighted by Crippen LogP contribution is 2.22. The summed E-state index contributed by atoms with van der Waals surface area (Å²) in [6.07, 6.45) is 3.83. The van der Waals surface area contributed by atoms with E-state index in [0.29, 0.717) is 13.1 Å². The summed E-state index contributed by atoms with van der Waals surface area (Å²) in [6, 6.07) is 7.77. The van der Waals surface area contributed by atoms with Gasteiger partial charge in [-0.3, -0.25) is 9.59 Å². The number of amides is 1. The molecule has 0 aliphatic carbocycles. The van der Waals surface area contributed by atoms with Crippen molar-refractivity contribution in [2.24, 2.45) is 5.92 Å². The van der Waals surface area contributed by atoms with Crippen LogP contribution in [0.5, 0.6) is 0 Å². The molecular formula is C16H21NO3S. The Morgan fingerprint density at radius 3 is 2.38 bits per heavy atom. The molecule has 0 spiro atoms. The summed E-state index contributed by atoms with van der Waals surface area (Å²) in [5.41, 5.74) is 1.94. The van der Waals surface area contributed by atoms with Gasteiger partial charge in [-0.15, -0.1) is 0 Å². The smallest absolute Gasteiger partial charge is 0.303 e. The molecule has 1 heterocycles. The molecular weight excluding hydrogens is 286 g/mol. The maximum Gasteiger partial charge on any atom is 0.303 e. The molecule has 1 aromatic carbocycles. The first-order chi connectivity index (χ1) is 10.1. The zero-order valence-corrected chi connectivity index (χ0v) is 13.1. The van der Waals surface area contributed by atoms with Gasteiger partial charge in [0.1, 0.15) is 0 Å². The highest BCUT2D eigenvalue weighted by Gasteiger charge is 2.24. The standard InChI is InChI=1S/C16H21NO3S/c1-21-11-13-2-4-14(5-3-13)16(20)17-8-6-12(7-9-17)10-15(18)19/h2-5,12H,6-11H2,1H3,(H,18,19). The lowest BCUT2D eigenvalue weighted by molar-refractivity contribution is -0.138. The van der Waals surface area contributed by atoms with E-state index in [1.54, 1.807) is 11.8 Å². The topological polar surface area (TPSA) is 57.6 Å². The lowest BCUT2D eigenvalue weighted by Gasteiger charge is -2.31. The van der Waals surface area contributed by atoms with Crippen molar-refractivity contribution in [3.63, 3.8) is 0 Å². The molecule has 0 bridgehead atoms. The van der Waals surface area contributed by atoms with Gasteiger partial charge in [-0.1, -0.05) is 12.1 Å². The molecule has 114 valence electrons. The van der Waals surface area contributed by atoms with E-state index < -0.39 is 5.97 Å². The molecule has 1 N–H and O–H groups in total. The molecule has 1 saturated heterocycles. The average Bonchev–Trinajstić information content (AvgIpc) is 2.48. The molecule has 0 radical (unpaired) electrons. The second-order valence-corrected chi connectivity index (χ2v) is 6.33. The number of carboxylic acids is 1. The summed E-state index contributed by atoms with van der Waals surface area (Å²) in [5.74, 6) is 0.467. The Hall–Kier alpha value is -1.49. The van der Waals surface area contributed by atoms with E-state index in [9.17, 15) is 9.59 Å². The molecule has 5 heteroatoms. The monoisotopic (exact) mass is 307 g/mol. The van der Waals surface area contributed by atoms with E-state index in [1.807, 2.05) is 29.2 Å². The van der Waals surface area contributed by atoms with Crippen LogP contribution in [-0.4, -0.2) is 41.2 Å². The summed E-state index contributed by atoms with van der Waals surface area (Å²) in [7, 11) is 0. The van der Waals surface area contributed by atoms with E-state index in [-0.39, 0.29) is 18.2 Å². The second-order valence-electron chi connectivity index (χ2n) is 5.46. The van der Waals surface area contributed by atoms with E-state index in [4.69, 9.17) is 5.11 Å². The maximum absolute atomic E-state index is 12.4. The van der Waals surface area contributed by atoms with E-state index in [0.717, 1.165) is 24.2 Å². The fourth-order valence-corrected chi connectivity index (χ4v) is 3.21. The normalized spacial score (nSPS) is 16.0. The van der Waals surface area contributed by atoms with Gasteiger partial charge in [-0.25, -0.2) is 0 Å². The molecule has 1 amide bonds. The number of benzene rings is 1. The van der Waals surface area contributed by atoms with Crippen molar-refractivity contribution in [3.05, 3.63) is 35.4 Å². The van der Waals surface area contributed by atoms with Gasteiger partial charge in [0.2, 0.25) is 0 Å². The van der Waals surface area contributed by atoms with Crippen LogP contribution in [0.2, 0.25) is 0 Å². The van der Waals surface area contributed by atoms with Crippen molar-refractivity contribution >= 4 is 23.6 Å². The Balaban J connectivity index is 1.90. The Morgan fingerprint density at radius 1 is 1.24 bits per heavy atom. The third-order valence-electron chi connectivity index (χ3n) is 3.88. The van der Waals surface area contributed by atoms with Crippen molar-refractivity contribution in [3.8, 4) is 0 Å². The summed E-state index contributed by atoms with van der Waals surface area (Å²) in [6.45, 7) is 1.31. The molecule has 1 aromatic rings.